The molecule has 2 aromatic heterocycles. The number of nitrogens with zero attached hydrogens (tertiary/aromatic N) is 6. The Bertz CT molecular complexity index is 1560. The second-order valence-electron chi connectivity index (χ2n) is 10.9. The molecule has 0 aliphatic carbocycles. The van der Waals surface area contributed by atoms with Gasteiger partial charge in [-0.1, -0.05) is 24.3 Å². The fraction of sp³-hybridized carbons (Fsp3) is 0.344. The van der Waals surface area contributed by atoms with Crippen LogP contribution in [0.4, 0.5) is 26.1 Å². The van der Waals surface area contributed by atoms with Gasteiger partial charge in [0, 0.05) is 81.4 Å². The van der Waals surface area contributed by atoms with E-state index in [1.54, 1.807) is 7.11 Å². The van der Waals surface area contributed by atoms with Crippen LogP contribution >= 0.6 is 0 Å². The van der Waals surface area contributed by atoms with Gasteiger partial charge in [0.15, 0.2) is 5.82 Å². The van der Waals surface area contributed by atoms with E-state index in [0.29, 0.717) is 36.8 Å². The lowest BCUT2D eigenvalue weighted by Crippen LogP contribution is -2.46. The number of anilines is 3. The lowest BCUT2D eigenvalue weighted by Gasteiger charge is -2.35. The molecular weight excluding hydrogens is 550 g/mol. The quantitative estimate of drug-likeness (QED) is 0.265. The number of H-pyrrole nitrogens is 1. The topological polar surface area (TPSA) is 85.4 Å². The second-order valence-corrected chi connectivity index (χ2v) is 10.9. The zero-order valence-electron chi connectivity index (χ0n) is 24.5. The Balaban J connectivity index is 1.14. The van der Waals surface area contributed by atoms with E-state index in [9.17, 15) is 8.78 Å². The number of hydrogen-bond donors (Lipinski definition) is 2. The van der Waals surface area contributed by atoms with Gasteiger partial charge in [0.25, 0.3) is 0 Å². The van der Waals surface area contributed by atoms with Gasteiger partial charge in [0.05, 0.1) is 7.11 Å². The molecular formula is C32H36F2N8O. The van der Waals surface area contributed by atoms with Crippen LogP contribution in [0.3, 0.4) is 0 Å². The number of hydrogen-bond acceptors (Lipinski definition) is 8. The standard InChI is InChI=1S/C32H36F2N8O/c1-22-28(5-3-10-40-13-15-41(16-14-40)26-18-24(33)17-25(34)19-26)31(39-38-22)32-36-29(20-30(37-32)42-11-4-12-42)35-21-23-6-8-27(43-2)9-7-23/h3,5-9,17-20H,4,10-16,21H2,1-2H3,(H,38,39)(H,35,36,37)/b5-3+. The first-order chi connectivity index (χ1) is 20.9. The molecule has 2 N–H and O–H groups in total. The summed E-state index contributed by atoms with van der Waals surface area (Å²) in [6.07, 6.45) is 5.35. The maximum Gasteiger partial charge on any atom is 0.184 e. The van der Waals surface area contributed by atoms with Crippen LogP contribution in [-0.4, -0.2) is 78.0 Å². The largest absolute Gasteiger partial charge is 0.497 e. The van der Waals surface area contributed by atoms with Gasteiger partial charge in [-0.25, -0.2) is 18.7 Å². The molecule has 0 bridgehead atoms. The van der Waals surface area contributed by atoms with E-state index in [1.165, 1.54) is 12.1 Å². The van der Waals surface area contributed by atoms with E-state index < -0.39 is 11.6 Å². The number of ether oxygens (including phenoxy) is 1. The van der Waals surface area contributed by atoms with Gasteiger partial charge in [-0.15, -0.1) is 0 Å². The van der Waals surface area contributed by atoms with E-state index in [1.807, 2.05) is 42.2 Å². The van der Waals surface area contributed by atoms with Crippen LogP contribution in [0, 0.1) is 18.6 Å². The van der Waals surface area contributed by atoms with E-state index in [0.717, 1.165) is 79.4 Å². The molecule has 224 valence electrons. The van der Waals surface area contributed by atoms with Crippen molar-refractivity contribution >= 4 is 23.4 Å². The highest BCUT2D eigenvalue weighted by Crippen LogP contribution is 2.28. The van der Waals surface area contributed by atoms with Crippen molar-refractivity contribution in [1.29, 1.82) is 0 Å². The van der Waals surface area contributed by atoms with Gasteiger partial charge in [-0.05, 0) is 43.2 Å². The van der Waals surface area contributed by atoms with Crippen molar-refractivity contribution in [2.45, 2.75) is 19.9 Å². The highest BCUT2D eigenvalue weighted by molar-refractivity contribution is 5.71. The van der Waals surface area contributed by atoms with E-state index in [4.69, 9.17) is 14.7 Å². The molecule has 2 saturated heterocycles. The summed E-state index contributed by atoms with van der Waals surface area (Å²) in [5, 5.41) is 11.2. The van der Waals surface area contributed by atoms with Crippen LogP contribution in [0.2, 0.25) is 0 Å². The van der Waals surface area contributed by atoms with Crippen LogP contribution < -0.4 is 19.9 Å². The molecule has 6 rings (SSSR count). The maximum atomic E-state index is 13.7. The molecule has 0 unspecified atom stereocenters. The molecule has 0 atom stereocenters. The Hall–Kier alpha value is -4.51. The summed E-state index contributed by atoms with van der Waals surface area (Å²) >= 11 is 0. The zero-order valence-corrected chi connectivity index (χ0v) is 24.5. The number of aromatic nitrogens is 4. The molecule has 0 amide bonds. The van der Waals surface area contributed by atoms with Crippen LogP contribution in [0.1, 0.15) is 23.2 Å². The first-order valence-corrected chi connectivity index (χ1v) is 14.6. The number of piperazine rings is 1. The third kappa shape index (κ3) is 6.77. The lowest BCUT2D eigenvalue weighted by molar-refractivity contribution is 0.284. The Morgan fingerprint density at radius 2 is 1.67 bits per heavy atom. The predicted molar refractivity (Wildman–Crippen MR) is 166 cm³/mol. The maximum absolute atomic E-state index is 13.7. The van der Waals surface area contributed by atoms with Crippen LogP contribution in [0.5, 0.6) is 5.75 Å². The van der Waals surface area contributed by atoms with Crippen molar-refractivity contribution in [3.63, 3.8) is 0 Å². The number of aromatic amines is 1. The van der Waals surface area contributed by atoms with Crippen LogP contribution in [-0.2, 0) is 6.54 Å². The molecule has 43 heavy (non-hydrogen) atoms. The van der Waals surface area contributed by atoms with Crippen molar-refractivity contribution in [2.24, 2.45) is 0 Å². The first-order valence-electron chi connectivity index (χ1n) is 14.6. The Morgan fingerprint density at radius 3 is 2.35 bits per heavy atom. The Labute approximate surface area is 250 Å². The highest BCUT2D eigenvalue weighted by atomic mass is 19.1. The van der Waals surface area contributed by atoms with Crippen molar-refractivity contribution < 1.29 is 13.5 Å². The van der Waals surface area contributed by atoms with Crippen LogP contribution in [0.15, 0.2) is 54.6 Å². The molecule has 2 fully saturated rings. The summed E-state index contributed by atoms with van der Waals surface area (Å²) in [5.74, 6) is 1.93. The summed E-state index contributed by atoms with van der Waals surface area (Å²) in [6, 6.07) is 13.6. The minimum atomic E-state index is -0.550. The van der Waals surface area contributed by atoms with Crippen molar-refractivity contribution in [3.8, 4) is 17.3 Å². The summed E-state index contributed by atoms with van der Waals surface area (Å²) in [7, 11) is 1.66. The van der Waals surface area contributed by atoms with Gasteiger partial charge in [-0.3, -0.25) is 10.00 Å². The van der Waals surface area contributed by atoms with Gasteiger partial charge in [-0.2, -0.15) is 5.10 Å². The van der Waals surface area contributed by atoms with Gasteiger partial charge in [0.1, 0.15) is 34.7 Å². The van der Waals surface area contributed by atoms with Crippen LogP contribution in [0.25, 0.3) is 17.6 Å². The third-order valence-electron chi connectivity index (χ3n) is 7.96. The molecule has 2 aliphatic heterocycles. The highest BCUT2D eigenvalue weighted by Gasteiger charge is 2.21. The molecule has 4 aromatic rings. The molecule has 0 radical (unpaired) electrons. The van der Waals surface area contributed by atoms with Crippen molar-refractivity contribution in [2.75, 3.05) is 68.0 Å². The third-order valence-corrected chi connectivity index (χ3v) is 7.96. The van der Waals surface area contributed by atoms with Gasteiger partial charge < -0.3 is 19.9 Å². The molecule has 2 aromatic carbocycles. The summed E-state index contributed by atoms with van der Waals surface area (Å²) in [6.45, 7) is 8.31. The minimum absolute atomic E-state index is 0.550. The number of benzene rings is 2. The van der Waals surface area contributed by atoms with Gasteiger partial charge in [0.2, 0.25) is 0 Å². The van der Waals surface area contributed by atoms with Crippen molar-refractivity contribution in [1.82, 2.24) is 25.1 Å². The minimum Gasteiger partial charge on any atom is -0.497 e. The number of halogens is 2. The van der Waals surface area contributed by atoms with E-state index >= 15 is 0 Å². The fourth-order valence-corrected chi connectivity index (χ4v) is 5.32. The summed E-state index contributed by atoms with van der Waals surface area (Å²) in [4.78, 5) is 16.3. The molecule has 11 heteroatoms. The Morgan fingerprint density at radius 1 is 0.930 bits per heavy atom. The first kappa shape index (κ1) is 28.6. The number of nitrogens with one attached hydrogen (secondary N) is 2. The number of aryl methyl sites for hydroxylation is 1. The molecule has 0 spiro atoms. The molecule has 9 nitrogen and oxygen atoms in total. The molecule has 0 saturated carbocycles. The normalized spacial score (nSPS) is 15.6. The second kappa shape index (κ2) is 12.8. The van der Waals surface area contributed by atoms with Crippen molar-refractivity contribution in [3.05, 3.63) is 83.1 Å². The number of rotatable bonds is 10. The monoisotopic (exact) mass is 586 g/mol. The van der Waals surface area contributed by atoms with Gasteiger partial charge >= 0.3 is 0 Å². The Kier molecular flexibility index (Phi) is 8.50. The predicted octanol–water partition coefficient (Wildman–Crippen LogP) is 5.12. The average molecular weight is 587 g/mol. The molecule has 2 aliphatic rings. The fourth-order valence-electron chi connectivity index (χ4n) is 5.32. The smallest absolute Gasteiger partial charge is 0.184 e. The average Bonchev–Trinajstić information content (AvgIpc) is 3.35. The molecule has 4 heterocycles. The number of methoxy groups -OCH3 is 1. The summed E-state index contributed by atoms with van der Waals surface area (Å²) < 4.78 is 32.6. The zero-order chi connectivity index (χ0) is 29.8. The summed E-state index contributed by atoms with van der Waals surface area (Å²) in [5.41, 5.74) is 4.31. The lowest BCUT2D eigenvalue weighted by atomic mass is 10.1. The SMILES string of the molecule is COc1ccc(CNc2cc(N3CCC3)nc(-c3n[nH]c(C)c3/C=C/CN3CCN(c4cc(F)cc(F)c4)CC3)n2)cc1. The van der Waals surface area contributed by atoms with E-state index in [2.05, 4.69) is 37.5 Å². The van der Waals surface area contributed by atoms with E-state index in [-0.39, 0.29) is 0 Å².